The highest BCUT2D eigenvalue weighted by molar-refractivity contribution is 7.99. The summed E-state index contributed by atoms with van der Waals surface area (Å²) in [5.41, 5.74) is 2.04. The minimum Gasteiger partial charge on any atom is -0.496 e. The largest absolute Gasteiger partial charge is 0.496 e. The smallest absolute Gasteiger partial charge is 0.230 e. The van der Waals surface area contributed by atoms with Crippen molar-refractivity contribution in [2.24, 2.45) is 0 Å². The van der Waals surface area contributed by atoms with Crippen LogP contribution in [-0.4, -0.2) is 24.8 Å². The maximum Gasteiger partial charge on any atom is 0.230 e. The van der Waals surface area contributed by atoms with Crippen molar-refractivity contribution < 1.29 is 13.9 Å². The van der Waals surface area contributed by atoms with Gasteiger partial charge in [0.2, 0.25) is 5.91 Å². The molecule has 0 heterocycles. The Kier molecular flexibility index (Phi) is 7.79. The van der Waals surface area contributed by atoms with Gasteiger partial charge in [-0.3, -0.25) is 4.79 Å². The van der Waals surface area contributed by atoms with Crippen LogP contribution in [0.5, 0.6) is 5.75 Å². The summed E-state index contributed by atoms with van der Waals surface area (Å²) in [6.45, 7) is 2.01. The minimum atomic E-state index is -0.296. The van der Waals surface area contributed by atoms with E-state index in [2.05, 4.69) is 17.4 Å². The lowest BCUT2D eigenvalue weighted by Crippen LogP contribution is -2.34. The molecule has 2 aromatic carbocycles. The second-order valence-corrected chi connectivity index (χ2v) is 6.93. The number of benzene rings is 2. The minimum absolute atomic E-state index is 0.000863. The van der Waals surface area contributed by atoms with Crippen molar-refractivity contribution in [1.82, 2.24) is 5.32 Å². The summed E-state index contributed by atoms with van der Waals surface area (Å²) in [4.78, 5) is 12.0. The molecule has 3 nitrogen and oxygen atoms in total. The van der Waals surface area contributed by atoms with Crippen LogP contribution in [0.15, 0.2) is 48.5 Å². The van der Waals surface area contributed by atoms with Crippen LogP contribution in [0.1, 0.15) is 24.5 Å². The number of thioether (sulfide) groups is 1. The maximum atomic E-state index is 13.3. The van der Waals surface area contributed by atoms with Gasteiger partial charge in [0.05, 0.1) is 12.9 Å². The number of amides is 1. The molecule has 0 spiro atoms. The van der Waals surface area contributed by atoms with E-state index in [0.29, 0.717) is 17.3 Å². The average Bonchev–Trinajstić information content (AvgIpc) is 2.61. The van der Waals surface area contributed by atoms with Crippen LogP contribution in [-0.2, 0) is 17.0 Å². The molecule has 0 radical (unpaired) electrons. The van der Waals surface area contributed by atoms with Crippen LogP contribution in [0.3, 0.4) is 0 Å². The van der Waals surface area contributed by atoms with Crippen LogP contribution in [0.4, 0.5) is 4.39 Å². The molecule has 0 aromatic heterocycles. The Morgan fingerprint density at radius 3 is 2.72 bits per heavy atom. The monoisotopic (exact) mass is 361 g/mol. The zero-order chi connectivity index (χ0) is 18.1. The second-order valence-electron chi connectivity index (χ2n) is 5.94. The predicted octanol–water partition coefficient (Wildman–Crippen LogP) is 4.21. The van der Waals surface area contributed by atoms with Gasteiger partial charge in [-0.25, -0.2) is 4.39 Å². The van der Waals surface area contributed by atoms with Gasteiger partial charge < -0.3 is 10.1 Å². The van der Waals surface area contributed by atoms with Gasteiger partial charge in [-0.05, 0) is 43.5 Å². The number of hydrogen-bond donors (Lipinski definition) is 1. The van der Waals surface area contributed by atoms with E-state index >= 15 is 0 Å². The summed E-state index contributed by atoms with van der Waals surface area (Å²) < 4.78 is 18.5. The average molecular weight is 361 g/mol. The predicted molar refractivity (Wildman–Crippen MR) is 101 cm³/mol. The van der Waals surface area contributed by atoms with Crippen LogP contribution >= 0.6 is 11.8 Å². The van der Waals surface area contributed by atoms with E-state index in [1.807, 2.05) is 25.1 Å². The van der Waals surface area contributed by atoms with Crippen molar-refractivity contribution in [2.45, 2.75) is 31.6 Å². The second kappa shape index (κ2) is 10.1. The fraction of sp³-hybridized carbons (Fsp3) is 0.350. The number of nitrogens with one attached hydrogen (secondary N) is 1. The lowest BCUT2D eigenvalue weighted by atomic mass is 10.1. The third-order valence-corrected chi connectivity index (χ3v) is 4.83. The first-order valence-corrected chi connectivity index (χ1v) is 9.47. The summed E-state index contributed by atoms with van der Waals surface area (Å²) in [5, 5.41) is 3.01. The molecule has 1 N–H and O–H groups in total. The molecule has 1 amide bonds. The van der Waals surface area contributed by atoms with Crippen molar-refractivity contribution >= 4 is 17.7 Å². The maximum absolute atomic E-state index is 13.3. The third kappa shape index (κ3) is 6.78. The molecule has 0 saturated heterocycles. The summed E-state index contributed by atoms with van der Waals surface area (Å²) >= 11 is 1.45. The molecule has 0 saturated carbocycles. The summed E-state index contributed by atoms with van der Waals surface area (Å²) in [7, 11) is 1.56. The van der Waals surface area contributed by atoms with E-state index in [1.165, 1.54) is 29.5 Å². The lowest BCUT2D eigenvalue weighted by Gasteiger charge is -2.14. The summed E-state index contributed by atoms with van der Waals surface area (Å²) in [6.07, 6.45) is 1.84. The number of rotatable bonds is 9. The van der Waals surface area contributed by atoms with Crippen LogP contribution < -0.4 is 10.1 Å². The van der Waals surface area contributed by atoms with Gasteiger partial charge >= 0.3 is 0 Å². The Morgan fingerprint density at radius 1 is 1.24 bits per heavy atom. The number of carbonyl (C=O) groups excluding carboxylic acids is 1. The van der Waals surface area contributed by atoms with Gasteiger partial charge in [-0.15, -0.1) is 11.8 Å². The van der Waals surface area contributed by atoms with Gasteiger partial charge in [0.15, 0.2) is 0 Å². The Hall–Kier alpha value is -2.01. The van der Waals surface area contributed by atoms with Gasteiger partial charge in [-0.1, -0.05) is 30.3 Å². The van der Waals surface area contributed by atoms with Crippen molar-refractivity contribution in [3.63, 3.8) is 0 Å². The molecule has 0 unspecified atom stereocenters. The molecule has 134 valence electrons. The van der Waals surface area contributed by atoms with Gasteiger partial charge in [0.1, 0.15) is 11.6 Å². The molecular formula is C20H24FNO2S. The van der Waals surface area contributed by atoms with E-state index in [0.717, 1.165) is 18.4 Å². The molecule has 2 rings (SSSR count). The Labute approximate surface area is 153 Å². The standard InChI is InChI=1S/C20H24FNO2S/c1-15(8-9-16-6-4-3-5-7-16)22-20(23)14-25-13-17-12-18(21)10-11-19(17)24-2/h3-7,10-12,15H,8-9,13-14H2,1-2H3,(H,22,23)/t15-/m0/s1. The van der Waals surface area contributed by atoms with Crippen molar-refractivity contribution in [2.75, 3.05) is 12.9 Å². The van der Waals surface area contributed by atoms with E-state index in [9.17, 15) is 9.18 Å². The highest BCUT2D eigenvalue weighted by Crippen LogP contribution is 2.24. The molecule has 0 bridgehead atoms. The summed E-state index contributed by atoms with van der Waals surface area (Å²) in [5.74, 6) is 1.23. The molecule has 5 heteroatoms. The van der Waals surface area contributed by atoms with E-state index in [-0.39, 0.29) is 17.8 Å². The zero-order valence-corrected chi connectivity index (χ0v) is 15.4. The quantitative estimate of drug-likeness (QED) is 0.727. The number of carbonyl (C=O) groups is 1. The van der Waals surface area contributed by atoms with Crippen LogP contribution in [0.2, 0.25) is 0 Å². The highest BCUT2D eigenvalue weighted by atomic mass is 32.2. The molecular weight excluding hydrogens is 337 g/mol. The first kappa shape index (κ1) is 19.3. The van der Waals surface area contributed by atoms with Gasteiger partial charge in [0.25, 0.3) is 0 Å². The van der Waals surface area contributed by atoms with E-state index < -0.39 is 0 Å². The number of hydrogen-bond acceptors (Lipinski definition) is 3. The Bertz CT molecular complexity index is 679. The van der Waals surface area contributed by atoms with Crippen molar-refractivity contribution in [3.05, 3.63) is 65.5 Å². The van der Waals surface area contributed by atoms with Crippen LogP contribution in [0.25, 0.3) is 0 Å². The van der Waals surface area contributed by atoms with Crippen LogP contribution in [0, 0.1) is 5.82 Å². The molecule has 0 fully saturated rings. The number of halogens is 1. The topological polar surface area (TPSA) is 38.3 Å². The molecule has 25 heavy (non-hydrogen) atoms. The SMILES string of the molecule is COc1ccc(F)cc1CSCC(=O)N[C@@H](C)CCc1ccccc1. The molecule has 0 aliphatic rings. The fourth-order valence-corrected chi connectivity index (χ4v) is 3.35. The third-order valence-electron chi connectivity index (χ3n) is 3.85. The normalized spacial score (nSPS) is 11.8. The first-order chi connectivity index (χ1) is 12.1. The molecule has 0 aliphatic carbocycles. The fourth-order valence-electron chi connectivity index (χ4n) is 2.53. The highest BCUT2D eigenvalue weighted by Gasteiger charge is 2.10. The van der Waals surface area contributed by atoms with Crippen molar-refractivity contribution in [1.29, 1.82) is 0 Å². The first-order valence-electron chi connectivity index (χ1n) is 8.32. The number of aryl methyl sites for hydroxylation is 1. The van der Waals surface area contributed by atoms with E-state index in [4.69, 9.17) is 4.74 Å². The molecule has 0 aliphatic heterocycles. The van der Waals surface area contributed by atoms with Crippen molar-refractivity contribution in [3.8, 4) is 5.75 Å². The Morgan fingerprint density at radius 2 is 2.00 bits per heavy atom. The number of ether oxygens (including phenoxy) is 1. The lowest BCUT2D eigenvalue weighted by molar-refractivity contribution is -0.119. The molecule has 1 atom stereocenters. The number of methoxy groups -OCH3 is 1. The zero-order valence-electron chi connectivity index (χ0n) is 14.6. The molecule has 2 aromatic rings. The van der Waals surface area contributed by atoms with Gasteiger partial charge in [0, 0.05) is 17.4 Å². The van der Waals surface area contributed by atoms with E-state index in [1.54, 1.807) is 13.2 Å². The summed E-state index contributed by atoms with van der Waals surface area (Å²) in [6, 6.07) is 14.8. The van der Waals surface area contributed by atoms with Gasteiger partial charge in [-0.2, -0.15) is 0 Å². The Balaban J connectivity index is 1.71.